The molecule has 3 aromatic rings. The van der Waals surface area contributed by atoms with Gasteiger partial charge in [0.1, 0.15) is 0 Å². The lowest BCUT2D eigenvalue weighted by Gasteiger charge is -2.27. The Kier molecular flexibility index (Phi) is 5.23. The van der Waals surface area contributed by atoms with E-state index in [2.05, 4.69) is 30.2 Å². The van der Waals surface area contributed by atoms with Crippen molar-refractivity contribution in [2.75, 3.05) is 36.5 Å². The van der Waals surface area contributed by atoms with Gasteiger partial charge < -0.3 is 15.0 Å². The second kappa shape index (κ2) is 7.95. The zero-order valence-electron chi connectivity index (χ0n) is 15.3. The van der Waals surface area contributed by atoms with Gasteiger partial charge in [-0.25, -0.2) is 15.0 Å². The number of aromatic nitrogens is 4. The Balaban J connectivity index is 1.64. The van der Waals surface area contributed by atoms with Crippen LogP contribution >= 0.6 is 11.6 Å². The van der Waals surface area contributed by atoms with E-state index in [9.17, 15) is 4.79 Å². The topological polar surface area (TPSA) is 96.0 Å². The maximum Gasteiger partial charge on any atom is 0.252 e. The Labute approximate surface area is 166 Å². The van der Waals surface area contributed by atoms with Gasteiger partial charge in [-0.2, -0.15) is 0 Å². The highest BCUT2D eigenvalue weighted by molar-refractivity contribution is 6.33. The van der Waals surface area contributed by atoms with E-state index in [0.29, 0.717) is 47.1 Å². The molecule has 1 aliphatic rings. The van der Waals surface area contributed by atoms with Gasteiger partial charge in [0.05, 0.1) is 35.3 Å². The van der Waals surface area contributed by atoms with Crippen molar-refractivity contribution in [3.8, 4) is 11.3 Å². The average molecular weight is 399 g/mol. The van der Waals surface area contributed by atoms with E-state index >= 15 is 0 Å². The van der Waals surface area contributed by atoms with Crippen LogP contribution in [0.3, 0.4) is 0 Å². The van der Waals surface area contributed by atoms with Crippen LogP contribution in [0.5, 0.6) is 0 Å². The fourth-order valence-electron chi connectivity index (χ4n) is 2.97. The normalized spacial score (nSPS) is 14.1. The fraction of sp³-hybridized carbons (Fsp3) is 0.263. The molecular formula is C19H19ClN6O2. The van der Waals surface area contributed by atoms with E-state index < -0.39 is 0 Å². The predicted octanol–water partition coefficient (Wildman–Crippen LogP) is 2.77. The lowest BCUT2D eigenvalue weighted by Crippen LogP contribution is -2.37. The SMILES string of the molecule is Cc1nc(N2CCOCC2)ncc1-c1cc(=O)[nH]c(Nc2ccccc2Cl)n1. The first-order chi connectivity index (χ1) is 13.6. The molecule has 2 aromatic heterocycles. The third kappa shape index (κ3) is 3.97. The molecule has 8 nitrogen and oxygen atoms in total. The van der Waals surface area contributed by atoms with E-state index in [0.717, 1.165) is 18.8 Å². The molecule has 3 heterocycles. The summed E-state index contributed by atoms with van der Waals surface area (Å²) >= 11 is 6.17. The number of nitrogens with one attached hydrogen (secondary N) is 2. The van der Waals surface area contributed by atoms with Gasteiger partial charge in [-0.05, 0) is 19.1 Å². The van der Waals surface area contributed by atoms with E-state index in [-0.39, 0.29) is 5.56 Å². The predicted molar refractivity (Wildman–Crippen MR) is 108 cm³/mol. The van der Waals surface area contributed by atoms with Crippen LogP contribution in [-0.4, -0.2) is 46.2 Å². The molecule has 1 fully saturated rings. The molecule has 1 saturated heterocycles. The maximum atomic E-state index is 12.2. The van der Waals surface area contributed by atoms with Crippen LogP contribution in [0.4, 0.5) is 17.6 Å². The number of aryl methyl sites for hydroxylation is 1. The lowest BCUT2D eigenvalue weighted by atomic mass is 10.2. The fourth-order valence-corrected chi connectivity index (χ4v) is 3.15. The van der Waals surface area contributed by atoms with Gasteiger partial charge in [0.15, 0.2) is 0 Å². The molecule has 28 heavy (non-hydrogen) atoms. The van der Waals surface area contributed by atoms with Crippen LogP contribution in [-0.2, 0) is 4.74 Å². The minimum Gasteiger partial charge on any atom is -0.378 e. The van der Waals surface area contributed by atoms with Crippen LogP contribution in [0.15, 0.2) is 41.3 Å². The molecule has 4 rings (SSSR count). The van der Waals surface area contributed by atoms with Crippen molar-refractivity contribution in [3.05, 3.63) is 57.6 Å². The minimum atomic E-state index is -0.281. The van der Waals surface area contributed by atoms with Crippen LogP contribution in [0, 0.1) is 6.92 Å². The maximum absolute atomic E-state index is 12.2. The number of para-hydroxylation sites is 1. The summed E-state index contributed by atoms with van der Waals surface area (Å²) < 4.78 is 5.37. The summed E-state index contributed by atoms with van der Waals surface area (Å²) in [4.78, 5) is 30.5. The number of benzene rings is 1. The molecule has 1 aliphatic heterocycles. The minimum absolute atomic E-state index is 0.281. The summed E-state index contributed by atoms with van der Waals surface area (Å²) in [5, 5.41) is 3.58. The Morgan fingerprint density at radius 1 is 1.21 bits per heavy atom. The highest BCUT2D eigenvalue weighted by Crippen LogP contribution is 2.25. The van der Waals surface area contributed by atoms with Crippen molar-refractivity contribution in [1.82, 2.24) is 19.9 Å². The van der Waals surface area contributed by atoms with Gasteiger partial charge in [0, 0.05) is 30.9 Å². The molecule has 9 heteroatoms. The number of aromatic amines is 1. The van der Waals surface area contributed by atoms with Crippen LogP contribution in [0.2, 0.25) is 5.02 Å². The third-order valence-corrected chi connectivity index (χ3v) is 4.73. The van der Waals surface area contributed by atoms with Crippen molar-refractivity contribution in [3.63, 3.8) is 0 Å². The first kappa shape index (κ1) is 18.4. The van der Waals surface area contributed by atoms with Gasteiger partial charge in [0.2, 0.25) is 11.9 Å². The Bertz CT molecular complexity index is 1050. The van der Waals surface area contributed by atoms with Crippen molar-refractivity contribution >= 4 is 29.2 Å². The number of H-pyrrole nitrogens is 1. The van der Waals surface area contributed by atoms with Crippen LogP contribution in [0.1, 0.15) is 5.69 Å². The number of hydrogen-bond donors (Lipinski definition) is 2. The summed E-state index contributed by atoms with van der Waals surface area (Å²) in [6, 6.07) is 8.67. The number of halogens is 1. The van der Waals surface area contributed by atoms with Crippen molar-refractivity contribution in [2.45, 2.75) is 6.92 Å². The number of anilines is 3. The highest BCUT2D eigenvalue weighted by atomic mass is 35.5. The van der Waals surface area contributed by atoms with Gasteiger partial charge in [-0.15, -0.1) is 0 Å². The lowest BCUT2D eigenvalue weighted by molar-refractivity contribution is 0.122. The molecule has 144 valence electrons. The molecule has 0 aliphatic carbocycles. The molecule has 1 aromatic carbocycles. The Morgan fingerprint density at radius 2 is 2.00 bits per heavy atom. The average Bonchev–Trinajstić information content (AvgIpc) is 2.70. The van der Waals surface area contributed by atoms with E-state index in [1.807, 2.05) is 19.1 Å². The number of hydrogen-bond acceptors (Lipinski definition) is 7. The van der Waals surface area contributed by atoms with Crippen molar-refractivity contribution < 1.29 is 4.74 Å². The summed E-state index contributed by atoms with van der Waals surface area (Å²) in [5.41, 5.74) is 2.31. The first-order valence-corrected chi connectivity index (χ1v) is 9.27. The van der Waals surface area contributed by atoms with Crippen molar-refractivity contribution in [1.29, 1.82) is 0 Å². The van der Waals surface area contributed by atoms with Crippen LogP contribution in [0.25, 0.3) is 11.3 Å². The summed E-state index contributed by atoms with van der Waals surface area (Å²) in [6.07, 6.45) is 1.70. The molecule has 0 unspecified atom stereocenters. The summed E-state index contributed by atoms with van der Waals surface area (Å²) in [6.45, 7) is 4.72. The molecular weight excluding hydrogens is 380 g/mol. The molecule has 0 amide bonds. The molecule has 0 saturated carbocycles. The quantitative estimate of drug-likeness (QED) is 0.697. The Morgan fingerprint density at radius 3 is 2.75 bits per heavy atom. The second-order valence-electron chi connectivity index (χ2n) is 6.35. The Hall–Kier alpha value is -2.97. The smallest absolute Gasteiger partial charge is 0.252 e. The number of rotatable bonds is 4. The van der Waals surface area contributed by atoms with Gasteiger partial charge in [0.25, 0.3) is 5.56 Å². The van der Waals surface area contributed by atoms with E-state index in [4.69, 9.17) is 16.3 Å². The van der Waals surface area contributed by atoms with Crippen LogP contribution < -0.4 is 15.8 Å². The second-order valence-corrected chi connectivity index (χ2v) is 6.76. The first-order valence-electron chi connectivity index (χ1n) is 8.90. The number of ether oxygens (including phenoxy) is 1. The zero-order valence-corrected chi connectivity index (χ0v) is 16.0. The summed E-state index contributed by atoms with van der Waals surface area (Å²) in [7, 11) is 0. The van der Waals surface area contributed by atoms with E-state index in [1.165, 1.54) is 6.07 Å². The zero-order chi connectivity index (χ0) is 19.5. The van der Waals surface area contributed by atoms with E-state index in [1.54, 1.807) is 18.3 Å². The van der Waals surface area contributed by atoms with Gasteiger partial charge >= 0.3 is 0 Å². The number of morpholine rings is 1. The largest absolute Gasteiger partial charge is 0.378 e. The highest BCUT2D eigenvalue weighted by Gasteiger charge is 2.16. The number of nitrogens with zero attached hydrogens (tertiary/aromatic N) is 4. The molecule has 0 atom stereocenters. The molecule has 0 spiro atoms. The molecule has 2 N–H and O–H groups in total. The monoisotopic (exact) mass is 398 g/mol. The van der Waals surface area contributed by atoms with Gasteiger partial charge in [-0.1, -0.05) is 23.7 Å². The van der Waals surface area contributed by atoms with Crippen molar-refractivity contribution in [2.24, 2.45) is 0 Å². The summed E-state index contributed by atoms with van der Waals surface area (Å²) in [5.74, 6) is 0.955. The standard InChI is InChI=1S/C19H19ClN6O2/c1-12-13(11-21-19(22-12)26-6-8-28-9-7-26)16-10-17(27)25-18(24-16)23-15-5-3-2-4-14(15)20/h2-5,10-11H,6-9H2,1H3,(H2,23,24,25,27). The van der Waals surface area contributed by atoms with Gasteiger partial charge in [-0.3, -0.25) is 9.78 Å². The molecule has 0 radical (unpaired) electrons. The third-order valence-electron chi connectivity index (χ3n) is 4.41. The molecule has 0 bridgehead atoms.